The van der Waals surface area contributed by atoms with E-state index in [4.69, 9.17) is 0 Å². The summed E-state index contributed by atoms with van der Waals surface area (Å²) in [7, 11) is -3.62. The van der Waals surface area contributed by atoms with Gasteiger partial charge in [0, 0.05) is 6.04 Å². The number of hydrogen-bond donors (Lipinski definition) is 2. The molecule has 0 heterocycles. The van der Waals surface area contributed by atoms with Gasteiger partial charge in [0.15, 0.2) is 0 Å². The third-order valence-electron chi connectivity index (χ3n) is 2.97. The lowest BCUT2D eigenvalue weighted by Gasteiger charge is -2.23. The second kappa shape index (κ2) is 7.96. The first-order chi connectivity index (χ1) is 10.6. The average Bonchev–Trinajstić information content (AvgIpc) is 2.41. The number of para-hydroxylation sites is 1. The molecule has 7 nitrogen and oxygen atoms in total. The summed E-state index contributed by atoms with van der Waals surface area (Å²) >= 11 is 0. The lowest BCUT2D eigenvalue weighted by Crippen LogP contribution is -2.45. The minimum atomic E-state index is -3.62. The molecule has 1 aromatic carbocycles. The first-order valence-electron chi connectivity index (χ1n) is 7.20. The summed E-state index contributed by atoms with van der Waals surface area (Å²) < 4.78 is 25.0. The fourth-order valence-corrected chi connectivity index (χ4v) is 2.88. The van der Waals surface area contributed by atoms with Crippen molar-refractivity contribution in [3.05, 3.63) is 29.8 Å². The second-order valence-electron chi connectivity index (χ2n) is 5.56. The molecule has 2 N–H and O–H groups in total. The Morgan fingerprint density at radius 2 is 1.78 bits per heavy atom. The third-order valence-corrected chi connectivity index (χ3v) is 4.09. The van der Waals surface area contributed by atoms with E-state index in [9.17, 15) is 18.0 Å². The van der Waals surface area contributed by atoms with Crippen molar-refractivity contribution in [1.82, 2.24) is 10.6 Å². The van der Waals surface area contributed by atoms with Gasteiger partial charge in [-0.05, 0) is 32.4 Å². The van der Waals surface area contributed by atoms with Crippen molar-refractivity contribution < 1.29 is 18.0 Å². The molecule has 0 fully saturated rings. The highest BCUT2D eigenvalue weighted by Gasteiger charge is 2.22. The predicted molar refractivity (Wildman–Crippen MR) is 89.7 cm³/mol. The molecule has 0 aliphatic carbocycles. The molecule has 1 aromatic rings. The molecular formula is C15H23N3O4S. The number of benzene rings is 1. The number of sulfonamides is 1. The van der Waals surface area contributed by atoms with Crippen LogP contribution in [-0.4, -0.2) is 45.6 Å². The standard InChI is InChI=1S/C15H23N3O4S/c1-11(2)17-14(19)9-16-15(20)10-18(23(4,21)22)13-8-6-5-7-12(13)3/h5-8,11H,9-10H2,1-4H3,(H,16,20)(H,17,19). The van der Waals surface area contributed by atoms with Crippen LogP contribution in [0.2, 0.25) is 0 Å². The molecule has 23 heavy (non-hydrogen) atoms. The van der Waals surface area contributed by atoms with Crippen LogP contribution in [0.3, 0.4) is 0 Å². The maximum absolute atomic E-state index is 12.0. The Hall–Kier alpha value is -2.09. The molecule has 0 bridgehead atoms. The number of anilines is 1. The maximum Gasteiger partial charge on any atom is 0.241 e. The van der Waals surface area contributed by atoms with Gasteiger partial charge in [0.25, 0.3) is 0 Å². The zero-order valence-corrected chi connectivity index (χ0v) is 14.6. The molecule has 8 heteroatoms. The van der Waals surface area contributed by atoms with Gasteiger partial charge in [0.2, 0.25) is 21.8 Å². The van der Waals surface area contributed by atoms with Gasteiger partial charge in [0.05, 0.1) is 18.5 Å². The topological polar surface area (TPSA) is 95.6 Å². The quantitative estimate of drug-likeness (QED) is 0.750. The Bertz CT molecular complexity index is 671. The lowest BCUT2D eigenvalue weighted by molar-refractivity contribution is -0.125. The van der Waals surface area contributed by atoms with Gasteiger partial charge in [0.1, 0.15) is 6.54 Å². The first-order valence-corrected chi connectivity index (χ1v) is 9.05. The van der Waals surface area contributed by atoms with Crippen LogP contribution in [0.4, 0.5) is 5.69 Å². The third kappa shape index (κ3) is 6.27. The summed E-state index contributed by atoms with van der Waals surface area (Å²) in [6, 6.07) is 6.86. The van der Waals surface area contributed by atoms with E-state index in [0.717, 1.165) is 16.1 Å². The Morgan fingerprint density at radius 1 is 1.17 bits per heavy atom. The van der Waals surface area contributed by atoms with E-state index in [0.29, 0.717) is 5.69 Å². The summed E-state index contributed by atoms with van der Waals surface area (Å²) in [5.41, 5.74) is 1.18. The predicted octanol–water partition coefficient (Wildman–Crippen LogP) is 0.402. The van der Waals surface area contributed by atoms with Crippen LogP contribution in [0.5, 0.6) is 0 Å². The maximum atomic E-state index is 12.0. The molecule has 0 saturated carbocycles. The van der Waals surface area contributed by atoms with Crippen LogP contribution in [0.25, 0.3) is 0 Å². The summed E-state index contributed by atoms with van der Waals surface area (Å²) in [5.74, 6) is -0.868. The molecule has 1 rings (SSSR count). The van der Waals surface area contributed by atoms with E-state index in [-0.39, 0.29) is 25.0 Å². The highest BCUT2D eigenvalue weighted by atomic mass is 32.2. The fourth-order valence-electron chi connectivity index (χ4n) is 1.96. The van der Waals surface area contributed by atoms with E-state index in [1.165, 1.54) is 0 Å². The fraction of sp³-hybridized carbons (Fsp3) is 0.467. The normalized spacial score (nSPS) is 11.2. The molecule has 0 aliphatic rings. The highest BCUT2D eigenvalue weighted by molar-refractivity contribution is 7.92. The summed E-state index contributed by atoms with van der Waals surface area (Å²) in [4.78, 5) is 23.5. The zero-order valence-electron chi connectivity index (χ0n) is 13.8. The highest BCUT2D eigenvalue weighted by Crippen LogP contribution is 2.21. The molecule has 0 atom stereocenters. The number of aryl methyl sites for hydroxylation is 1. The Morgan fingerprint density at radius 3 is 2.30 bits per heavy atom. The van der Waals surface area contributed by atoms with Crippen molar-refractivity contribution in [1.29, 1.82) is 0 Å². The van der Waals surface area contributed by atoms with Gasteiger partial charge in [-0.2, -0.15) is 0 Å². The van der Waals surface area contributed by atoms with Crippen LogP contribution < -0.4 is 14.9 Å². The van der Waals surface area contributed by atoms with Gasteiger partial charge in [-0.3, -0.25) is 13.9 Å². The molecule has 0 aliphatic heterocycles. The number of carbonyl (C=O) groups is 2. The van der Waals surface area contributed by atoms with Crippen LogP contribution in [0.1, 0.15) is 19.4 Å². The minimum absolute atomic E-state index is 0.0288. The Kier molecular flexibility index (Phi) is 6.56. The summed E-state index contributed by atoms with van der Waals surface area (Å²) in [5, 5.41) is 5.06. The SMILES string of the molecule is Cc1ccccc1N(CC(=O)NCC(=O)NC(C)C)S(C)(=O)=O. The van der Waals surface area contributed by atoms with Gasteiger partial charge in [-0.25, -0.2) is 8.42 Å². The molecule has 0 saturated heterocycles. The number of hydrogen-bond acceptors (Lipinski definition) is 4. The van der Waals surface area contributed by atoms with Gasteiger partial charge < -0.3 is 10.6 Å². The lowest BCUT2D eigenvalue weighted by atomic mass is 10.2. The average molecular weight is 341 g/mol. The largest absolute Gasteiger partial charge is 0.352 e. The van der Waals surface area contributed by atoms with Gasteiger partial charge in [-0.1, -0.05) is 18.2 Å². The van der Waals surface area contributed by atoms with Crippen LogP contribution in [-0.2, 0) is 19.6 Å². The van der Waals surface area contributed by atoms with Crippen molar-refractivity contribution in [3.63, 3.8) is 0 Å². The molecule has 128 valence electrons. The van der Waals surface area contributed by atoms with Crippen molar-refractivity contribution >= 4 is 27.5 Å². The zero-order chi connectivity index (χ0) is 17.6. The number of nitrogens with zero attached hydrogens (tertiary/aromatic N) is 1. The molecular weight excluding hydrogens is 318 g/mol. The summed E-state index contributed by atoms with van der Waals surface area (Å²) in [6.45, 7) is 4.81. The van der Waals surface area contributed by atoms with Crippen molar-refractivity contribution in [2.24, 2.45) is 0 Å². The van der Waals surface area contributed by atoms with Crippen molar-refractivity contribution in [3.8, 4) is 0 Å². The summed E-state index contributed by atoms with van der Waals surface area (Å²) in [6.07, 6.45) is 1.04. The molecule has 0 unspecified atom stereocenters. The minimum Gasteiger partial charge on any atom is -0.352 e. The van der Waals surface area contributed by atoms with E-state index in [2.05, 4.69) is 10.6 Å². The van der Waals surface area contributed by atoms with E-state index < -0.39 is 15.9 Å². The van der Waals surface area contributed by atoms with E-state index >= 15 is 0 Å². The molecule has 0 radical (unpaired) electrons. The van der Waals surface area contributed by atoms with E-state index in [1.54, 1.807) is 31.2 Å². The van der Waals surface area contributed by atoms with Gasteiger partial charge >= 0.3 is 0 Å². The molecule has 0 spiro atoms. The Balaban J connectivity index is 2.78. The van der Waals surface area contributed by atoms with Crippen LogP contribution in [0.15, 0.2) is 24.3 Å². The smallest absolute Gasteiger partial charge is 0.241 e. The van der Waals surface area contributed by atoms with Crippen molar-refractivity contribution in [2.45, 2.75) is 26.8 Å². The van der Waals surface area contributed by atoms with Gasteiger partial charge in [-0.15, -0.1) is 0 Å². The molecule has 2 amide bonds. The second-order valence-corrected chi connectivity index (χ2v) is 7.46. The monoisotopic (exact) mass is 341 g/mol. The first kappa shape index (κ1) is 19.0. The number of amides is 2. The van der Waals surface area contributed by atoms with Crippen LogP contribution in [0, 0.1) is 6.92 Å². The Labute approximate surface area is 137 Å². The van der Waals surface area contributed by atoms with Crippen molar-refractivity contribution in [2.75, 3.05) is 23.7 Å². The number of nitrogens with one attached hydrogen (secondary N) is 2. The van der Waals surface area contributed by atoms with E-state index in [1.807, 2.05) is 13.8 Å². The molecule has 0 aromatic heterocycles. The number of rotatable bonds is 7. The number of carbonyl (C=O) groups excluding carboxylic acids is 2. The van der Waals surface area contributed by atoms with Crippen LogP contribution >= 0.6 is 0 Å².